The summed E-state index contributed by atoms with van der Waals surface area (Å²) in [7, 11) is 1.80. The maximum Gasteiger partial charge on any atom is 0.333 e. The average Bonchev–Trinajstić information content (AvgIpc) is 2.88. The van der Waals surface area contributed by atoms with E-state index in [0.717, 1.165) is 5.56 Å². The predicted octanol–water partition coefficient (Wildman–Crippen LogP) is 1.76. The number of thioether (sulfide) groups is 1. The Morgan fingerprint density at radius 2 is 2.04 bits per heavy atom. The number of aliphatic hydroxyl groups excluding tert-OH is 1. The van der Waals surface area contributed by atoms with Crippen molar-refractivity contribution in [1.29, 1.82) is 0 Å². The number of rotatable bonds is 7. The summed E-state index contributed by atoms with van der Waals surface area (Å²) in [6.45, 7) is 4.59. The first-order valence-corrected chi connectivity index (χ1v) is 9.09. The van der Waals surface area contributed by atoms with E-state index in [1.165, 1.54) is 17.8 Å². The van der Waals surface area contributed by atoms with E-state index in [2.05, 4.69) is 0 Å². The first-order chi connectivity index (χ1) is 12.0. The monoisotopic (exact) mass is 364 g/mol. The Bertz CT molecular complexity index is 650. The standard InChI is InChI=1S/C18H24N2O4S/c1-4-20-15(13-16(22)24-5-2)25-18(17(20)23,19(3)11-12-21)14-9-7-6-8-10-14/h6-10,13,21H,4-5,11-12H2,1-3H3/b15-13+. The predicted molar refractivity (Wildman–Crippen MR) is 97.5 cm³/mol. The molecule has 0 radical (unpaired) electrons. The number of carbonyl (C=O) groups is 2. The fraction of sp³-hybridized carbons (Fsp3) is 0.444. The zero-order valence-corrected chi connectivity index (χ0v) is 15.6. The van der Waals surface area contributed by atoms with Crippen molar-refractivity contribution in [2.75, 3.05) is 33.4 Å². The molecule has 1 heterocycles. The summed E-state index contributed by atoms with van der Waals surface area (Å²) in [4.78, 5) is 27.6. The molecular weight excluding hydrogens is 340 g/mol. The van der Waals surface area contributed by atoms with E-state index in [1.54, 1.807) is 18.9 Å². The molecule has 1 amide bonds. The van der Waals surface area contributed by atoms with Crippen LogP contribution >= 0.6 is 11.8 Å². The zero-order chi connectivity index (χ0) is 18.4. The van der Waals surface area contributed by atoms with Gasteiger partial charge in [0.15, 0.2) is 4.87 Å². The number of benzene rings is 1. The Kier molecular flexibility index (Phi) is 6.64. The van der Waals surface area contributed by atoms with Crippen LogP contribution in [0.2, 0.25) is 0 Å². The molecule has 1 aliphatic heterocycles. The van der Waals surface area contributed by atoms with Crippen molar-refractivity contribution in [2.45, 2.75) is 18.7 Å². The van der Waals surface area contributed by atoms with Gasteiger partial charge in [-0.05, 0) is 26.5 Å². The van der Waals surface area contributed by atoms with Gasteiger partial charge in [-0.3, -0.25) is 9.69 Å². The van der Waals surface area contributed by atoms with E-state index in [9.17, 15) is 14.7 Å². The van der Waals surface area contributed by atoms with Crippen LogP contribution in [0.4, 0.5) is 0 Å². The maximum atomic E-state index is 13.3. The number of hydrogen-bond acceptors (Lipinski definition) is 6. The third-order valence-corrected chi connectivity index (χ3v) is 5.60. The van der Waals surface area contributed by atoms with Crippen molar-refractivity contribution in [3.05, 3.63) is 47.0 Å². The van der Waals surface area contributed by atoms with Crippen LogP contribution in [0.3, 0.4) is 0 Å². The molecule has 1 unspecified atom stereocenters. The van der Waals surface area contributed by atoms with Gasteiger partial charge in [0.25, 0.3) is 5.91 Å². The number of ether oxygens (including phenoxy) is 1. The highest BCUT2D eigenvalue weighted by Crippen LogP contribution is 2.51. The number of carbonyl (C=O) groups excluding carboxylic acids is 2. The molecule has 1 N–H and O–H groups in total. The Morgan fingerprint density at radius 1 is 1.36 bits per heavy atom. The third kappa shape index (κ3) is 3.73. The topological polar surface area (TPSA) is 70.1 Å². The molecule has 0 bridgehead atoms. The number of esters is 1. The molecule has 1 atom stereocenters. The van der Waals surface area contributed by atoms with Crippen molar-refractivity contribution in [3.63, 3.8) is 0 Å². The minimum absolute atomic E-state index is 0.0675. The quantitative estimate of drug-likeness (QED) is 0.587. The van der Waals surface area contributed by atoms with Crippen LogP contribution in [0.5, 0.6) is 0 Å². The summed E-state index contributed by atoms with van der Waals surface area (Å²) in [5, 5.41) is 9.94. The number of aliphatic hydroxyl groups is 1. The van der Waals surface area contributed by atoms with Crippen molar-refractivity contribution in [1.82, 2.24) is 9.80 Å². The first kappa shape index (κ1) is 19.5. The van der Waals surface area contributed by atoms with Crippen LogP contribution in [0.25, 0.3) is 0 Å². The number of amides is 1. The van der Waals surface area contributed by atoms with E-state index < -0.39 is 10.8 Å². The molecule has 0 aromatic heterocycles. The van der Waals surface area contributed by atoms with E-state index in [4.69, 9.17) is 4.74 Å². The van der Waals surface area contributed by atoms with Crippen LogP contribution < -0.4 is 0 Å². The van der Waals surface area contributed by atoms with Crippen LogP contribution in [0, 0.1) is 0 Å². The lowest BCUT2D eigenvalue weighted by Gasteiger charge is -2.35. The van der Waals surface area contributed by atoms with Crippen molar-refractivity contribution in [2.24, 2.45) is 0 Å². The Hall–Kier alpha value is -1.83. The van der Waals surface area contributed by atoms with Gasteiger partial charge in [-0.15, -0.1) is 0 Å². The molecule has 6 nitrogen and oxygen atoms in total. The molecule has 0 saturated carbocycles. The van der Waals surface area contributed by atoms with Crippen LogP contribution in [-0.2, 0) is 19.2 Å². The number of nitrogens with zero attached hydrogens (tertiary/aromatic N) is 2. The number of hydrogen-bond donors (Lipinski definition) is 1. The molecule has 2 rings (SSSR count). The summed E-state index contributed by atoms with van der Waals surface area (Å²) in [6.07, 6.45) is 1.37. The molecule has 1 aliphatic rings. The fourth-order valence-corrected chi connectivity index (χ4v) is 4.32. The molecule has 0 aliphatic carbocycles. The van der Waals surface area contributed by atoms with Gasteiger partial charge in [-0.2, -0.15) is 0 Å². The second kappa shape index (κ2) is 8.51. The lowest BCUT2D eigenvalue weighted by Crippen LogP contribution is -2.49. The number of likely N-dealkylation sites (N-methyl/N-ethyl adjacent to an activating group) is 2. The zero-order valence-electron chi connectivity index (χ0n) is 14.8. The van der Waals surface area contributed by atoms with Crippen molar-refractivity contribution in [3.8, 4) is 0 Å². The van der Waals surface area contributed by atoms with Crippen LogP contribution in [-0.4, -0.2) is 60.1 Å². The molecule has 1 aromatic carbocycles. The summed E-state index contributed by atoms with van der Waals surface area (Å²) in [6, 6.07) is 9.42. The van der Waals surface area contributed by atoms with Crippen molar-refractivity contribution < 1.29 is 19.4 Å². The Morgan fingerprint density at radius 3 is 2.60 bits per heavy atom. The van der Waals surface area contributed by atoms with E-state index in [1.807, 2.05) is 42.2 Å². The minimum atomic E-state index is -1.02. The summed E-state index contributed by atoms with van der Waals surface area (Å²) >= 11 is 1.31. The molecule has 7 heteroatoms. The van der Waals surface area contributed by atoms with Gasteiger partial charge < -0.3 is 14.7 Å². The van der Waals surface area contributed by atoms with E-state index >= 15 is 0 Å². The highest BCUT2D eigenvalue weighted by molar-refractivity contribution is 8.05. The van der Waals surface area contributed by atoms with Crippen LogP contribution in [0.1, 0.15) is 19.4 Å². The molecule has 1 aromatic rings. The normalized spacial score (nSPS) is 22.0. The molecule has 0 spiro atoms. The van der Waals surface area contributed by atoms with Gasteiger partial charge in [0.1, 0.15) is 0 Å². The molecule has 25 heavy (non-hydrogen) atoms. The lowest BCUT2D eigenvalue weighted by atomic mass is 10.0. The van der Waals surface area contributed by atoms with Gasteiger partial charge in [0.05, 0.1) is 24.3 Å². The lowest BCUT2D eigenvalue weighted by molar-refractivity contribution is -0.137. The summed E-state index contributed by atoms with van der Waals surface area (Å²) in [5.74, 6) is -0.595. The van der Waals surface area contributed by atoms with Crippen molar-refractivity contribution >= 4 is 23.6 Å². The maximum absolute atomic E-state index is 13.3. The van der Waals surface area contributed by atoms with Gasteiger partial charge in [-0.1, -0.05) is 42.1 Å². The third-order valence-electron chi connectivity index (χ3n) is 4.04. The SMILES string of the molecule is CCOC(=O)/C=C1/SC(c2ccccc2)(N(C)CCO)C(=O)N1CC. The van der Waals surface area contributed by atoms with Crippen LogP contribution in [0.15, 0.2) is 41.4 Å². The summed E-state index contributed by atoms with van der Waals surface area (Å²) < 4.78 is 4.99. The van der Waals surface area contributed by atoms with Gasteiger partial charge in [0, 0.05) is 13.1 Å². The highest BCUT2D eigenvalue weighted by Gasteiger charge is 2.54. The molecule has 136 valence electrons. The second-order valence-electron chi connectivity index (χ2n) is 5.54. The second-order valence-corrected chi connectivity index (χ2v) is 6.75. The smallest absolute Gasteiger partial charge is 0.333 e. The average molecular weight is 364 g/mol. The molecule has 1 saturated heterocycles. The largest absolute Gasteiger partial charge is 0.463 e. The Labute approximate surface area is 152 Å². The Balaban J connectivity index is 2.53. The van der Waals surface area contributed by atoms with Gasteiger partial charge >= 0.3 is 5.97 Å². The van der Waals surface area contributed by atoms with Gasteiger partial charge in [0.2, 0.25) is 0 Å². The van der Waals surface area contributed by atoms with Gasteiger partial charge in [-0.25, -0.2) is 4.79 Å². The summed E-state index contributed by atoms with van der Waals surface area (Å²) in [5.41, 5.74) is 0.812. The highest BCUT2D eigenvalue weighted by atomic mass is 32.2. The van der Waals surface area contributed by atoms with E-state index in [-0.39, 0.29) is 19.1 Å². The minimum Gasteiger partial charge on any atom is -0.463 e. The fourth-order valence-electron chi connectivity index (χ4n) is 2.84. The molecular formula is C18H24N2O4S. The van der Waals surface area contributed by atoms with E-state index in [0.29, 0.717) is 18.1 Å². The first-order valence-electron chi connectivity index (χ1n) is 8.28. The molecule has 1 fully saturated rings.